The maximum absolute atomic E-state index is 12.9. The van der Waals surface area contributed by atoms with E-state index in [4.69, 9.17) is 11.6 Å². The molecule has 1 aromatic rings. The van der Waals surface area contributed by atoms with Gasteiger partial charge in [0.1, 0.15) is 5.56 Å². The van der Waals surface area contributed by atoms with Crippen LogP contribution in [0.3, 0.4) is 0 Å². The average Bonchev–Trinajstić information content (AvgIpc) is 2.34. The van der Waals surface area contributed by atoms with Crippen LogP contribution in [-0.4, -0.2) is 24.4 Å². The minimum atomic E-state index is -5.27. The Labute approximate surface area is 114 Å². The van der Waals surface area contributed by atoms with Crippen molar-refractivity contribution >= 4 is 17.6 Å². The van der Waals surface area contributed by atoms with Crippen LogP contribution in [0.15, 0.2) is 6.20 Å². The van der Waals surface area contributed by atoms with Gasteiger partial charge in [-0.25, -0.2) is 13.6 Å². The van der Waals surface area contributed by atoms with Crippen molar-refractivity contribution in [1.29, 1.82) is 0 Å². The molecule has 0 aliphatic rings. The second-order valence-corrected chi connectivity index (χ2v) is 3.60. The van der Waals surface area contributed by atoms with Gasteiger partial charge in [-0.1, -0.05) is 0 Å². The Bertz CT molecular complexity index is 506. The molecule has 1 rings (SSSR count). The molecular weight excluding hydrogens is 313 g/mol. The zero-order chi connectivity index (χ0) is 15.5. The molecule has 112 valence electrons. The number of hydrogen-bond donors (Lipinski definition) is 0. The summed E-state index contributed by atoms with van der Waals surface area (Å²) in [6.45, 7) is 0. The molecule has 0 saturated heterocycles. The van der Waals surface area contributed by atoms with E-state index in [1.165, 1.54) is 0 Å². The highest BCUT2D eigenvalue weighted by Crippen LogP contribution is 2.38. The van der Waals surface area contributed by atoms with Gasteiger partial charge in [-0.05, 0) is 0 Å². The Kier molecular flexibility index (Phi) is 5.09. The summed E-state index contributed by atoms with van der Waals surface area (Å²) in [5, 5.41) is 0. The largest absolute Gasteiger partial charge is 0.573 e. The first-order valence-corrected chi connectivity index (χ1v) is 5.44. The summed E-state index contributed by atoms with van der Waals surface area (Å²) in [6.07, 6.45) is -7.99. The van der Waals surface area contributed by atoms with Gasteiger partial charge in [-0.2, -0.15) is 0 Å². The van der Waals surface area contributed by atoms with Crippen LogP contribution >= 0.6 is 11.6 Å². The predicted octanol–water partition coefficient (Wildman–Crippen LogP) is 3.44. The molecule has 0 aliphatic carbocycles. The molecule has 1 aromatic heterocycles. The fourth-order valence-electron chi connectivity index (χ4n) is 1.36. The summed E-state index contributed by atoms with van der Waals surface area (Å²) in [7, 11) is 0.872. The Hall–Kier alpha value is -1.64. The molecule has 0 atom stereocenters. The van der Waals surface area contributed by atoms with Crippen molar-refractivity contribution in [3.8, 4) is 5.75 Å². The molecule has 0 bridgehead atoms. The first kappa shape index (κ1) is 16.4. The van der Waals surface area contributed by atoms with Gasteiger partial charge in [0.05, 0.1) is 24.2 Å². The number of rotatable bonds is 4. The number of aromatic nitrogens is 1. The van der Waals surface area contributed by atoms with Crippen LogP contribution in [0.25, 0.3) is 0 Å². The fraction of sp³-hybridized carbons (Fsp3) is 0.400. The zero-order valence-corrected chi connectivity index (χ0v) is 10.6. The van der Waals surface area contributed by atoms with E-state index in [-0.39, 0.29) is 0 Å². The van der Waals surface area contributed by atoms with Gasteiger partial charge in [-0.3, -0.25) is 4.98 Å². The number of hydrogen-bond acceptors (Lipinski definition) is 4. The average molecular weight is 320 g/mol. The Balaban J connectivity index is 3.54. The molecule has 4 nitrogen and oxygen atoms in total. The Morgan fingerprint density at radius 1 is 1.45 bits per heavy atom. The molecule has 0 fully saturated rings. The fourth-order valence-corrected chi connectivity index (χ4v) is 1.57. The molecule has 20 heavy (non-hydrogen) atoms. The smallest absolute Gasteiger partial charge is 0.465 e. The van der Waals surface area contributed by atoms with Crippen LogP contribution in [-0.2, 0) is 10.6 Å². The topological polar surface area (TPSA) is 48.4 Å². The van der Waals surface area contributed by atoms with E-state index in [0.717, 1.165) is 7.11 Å². The van der Waals surface area contributed by atoms with Gasteiger partial charge in [0, 0.05) is 6.20 Å². The number of methoxy groups -OCH3 is 1. The Morgan fingerprint density at radius 3 is 2.45 bits per heavy atom. The summed E-state index contributed by atoms with van der Waals surface area (Å²) in [6, 6.07) is 0. The highest BCUT2D eigenvalue weighted by Gasteiger charge is 2.37. The molecule has 1 heterocycles. The summed E-state index contributed by atoms with van der Waals surface area (Å²) in [5.41, 5.74) is -2.58. The molecule has 0 spiro atoms. The van der Waals surface area contributed by atoms with Crippen molar-refractivity contribution in [2.24, 2.45) is 0 Å². The van der Waals surface area contributed by atoms with E-state index in [1.807, 2.05) is 0 Å². The maximum Gasteiger partial charge on any atom is 0.573 e. The number of alkyl halides is 6. The highest BCUT2D eigenvalue weighted by molar-refractivity contribution is 6.17. The minimum absolute atomic E-state index is 0.520. The Morgan fingerprint density at radius 2 is 2.05 bits per heavy atom. The van der Waals surface area contributed by atoms with Gasteiger partial charge in [0.2, 0.25) is 0 Å². The van der Waals surface area contributed by atoms with E-state index in [2.05, 4.69) is 14.5 Å². The van der Waals surface area contributed by atoms with Gasteiger partial charge in [0.15, 0.2) is 5.75 Å². The number of ether oxygens (including phenoxy) is 2. The molecule has 0 N–H and O–H groups in total. The predicted molar refractivity (Wildman–Crippen MR) is 56.8 cm³/mol. The van der Waals surface area contributed by atoms with Crippen molar-refractivity contribution in [2.45, 2.75) is 18.7 Å². The lowest BCUT2D eigenvalue weighted by atomic mass is 10.1. The monoisotopic (exact) mass is 319 g/mol. The summed E-state index contributed by atoms with van der Waals surface area (Å²) in [5.74, 6) is -3.22. The van der Waals surface area contributed by atoms with Gasteiger partial charge in [-0.15, -0.1) is 24.8 Å². The summed E-state index contributed by atoms with van der Waals surface area (Å²) < 4.78 is 70.4. The van der Waals surface area contributed by atoms with Crippen molar-refractivity contribution in [1.82, 2.24) is 4.98 Å². The lowest BCUT2D eigenvalue weighted by Gasteiger charge is -2.17. The van der Waals surface area contributed by atoms with Gasteiger partial charge < -0.3 is 9.47 Å². The minimum Gasteiger partial charge on any atom is -0.465 e. The van der Waals surface area contributed by atoms with Gasteiger partial charge in [0.25, 0.3) is 6.43 Å². The molecule has 10 heteroatoms. The summed E-state index contributed by atoms with van der Waals surface area (Å²) in [4.78, 5) is 14.7. The molecule has 0 unspecified atom stereocenters. The van der Waals surface area contributed by atoms with Crippen LogP contribution in [0.2, 0.25) is 0 Å². The third-order valence-corrected chi connectivity index (χ3v) is 2.37. The van der Waals surface area contributed by atoms with E-state index in [1.54, 1.807) is 0 Å². The standard InChI is InChI=1S/C10H7ClF5NO3/c1-19-9(18)4-3-17-5(2-11)6(8(12)13)7(4)20-10(14,15)16/h3,8H,2H2,1H3. The molecule has 0 saturated carbocycles. The second-order valence-electron chi connectivity index (χ2n) is 3.34. The van der Waals surface area contributed by atoms with Gasteiger partial charge >= 0.3 is 12.3 Å². The highest BCUT2D eigenvalue weighted by atomic mass is 35.5. The third-order valence-electron chi connectivity index (χ3n) is 2.12. The van der Waals surface area contributed by atoms with E-state index in [9.17, 15) is 26.7 Å². The molecule has 0 amide bonds. The quantitative estimate of drug-likeness (QED) is 0.484. The van der Waals surface area contributed by atoms with Crippen molar-refractivity contribution < 1.29 is 36.2 Å². The number of halogens is 6. The maximum atomic E-state index is 12.9. The summed E-state index contributed by atoms with van der Waals surface area (Å²) >= 11 is 5.34. The number of carbonyl (C=O) groups is 1. The van der Waals surface area contributed by atoms with Crippen molar-refractivity contribution in [2.75, 3.05) is 7.11 Å². The van der Waals surface area contributed by atoms with Crippen molar-refractivity contribution in [3.05, 3.63) is 23.0 Å². The molecule has 0 aromatic carbocycles. The van der Waals surface area contributed by atoms with E-state index < -0.39 is 47.2 Å². The van der Waals surface area contributed by atoms with Crippen LogP contribution in [0, 0.1) is 0 Å². The SMILES string of the molecule is COC(=O)c1cnc(CCl)c(C(F)F)c1OC(F)(F)F. The van der Waals surface area contributed by atoms with Crippen LogP contribution in [0.4, 0.5) is 22.0 Å². The number of esters is 1. The second kappa shape index (κ2) is 6.21. The molecule has 0 radical (unpaired) electrons. The number of pyridine rings is 1. The van der Waals surface area contributed by atoms with E-state index >= 15 is 0 Å². The first-order chi connectivity index (χ1) is 9.21. The van der Waals surface area contributed by atoms with Crippen LogP contribution in [0.5, 0.6) is 5.75 Å². The zero-order valence-electron chi connectivity index (χ0n) is 9.80. The number of carbonyl (C=O) groups excluding carboxylic acids is 1. The lowest BCUT2D eigenvalue weighted by Crippen LogP contribution is -2.21. The van der Waals surface area contributed by atoms with Crippen molar-refractivity contribution in [3.63, 3.8) is 0 Å². The normalized spacial score (nSPS) is 11.6. The molecular formula is C10H7ClF5NO3. The molecule has 0 aliphatic heterocycles. The third kappa shape index (κ3) is 3.69. The van der Waals surface area contributed by atoms with Crippen LogP contribution < -0.4 is 4.74 Å². The first-order valence-electron chi connectivity index (χ1n) is 4.91. The van der Waals surface area contributed by atoms with Crippen LogP contribution in [0.1, 0.15) is 28.0 Å². The van der Waals surface area contributed by atoms with E-state index in [0.29, 0.717) is 6.20 Å². The number of nitrogens with zero attached hydrogens (tertiary/aromatic N) is 1. The lowest BCUT2D eigenvalue weighted by molar-refractivity contribution is -0.275.